The van der Waals surface area contributed by atoms with Crippen molar-refractivity contribution in [2.45, 2.75) is 26.3 Å². The van der Waals surface area contributed by atoms with E-state index in [1.807, 2.05) is 0 Å². The van der Waals surface area contributed by atoms with E-state index in [1.165, 1.54) is 10.6 Å². The second-order valence-corrected chi connectivity index (χ2v) is 6.30. The summed E-state index contributed by atoms with van der Waals surface area (Å²) in [6, 6.07) is -0.298. The molecule has 0 saturated carbocycles. The van der Waals surface area contributed by atoms with Gasteiger partial charge in [-0.2, -0.15) is 0 Å². The van der Waals surface area contributed by atoms with Crippen molar-refractivity contribution in [2.75, 3.05) is 32.4 Å². The molecule has 19 heavy (non-hydrogen) atoms. The van der Waals surface area contributed by atoms with Crippen LogP contribution < -0.4 is 10.6 Å². The van der Waals surface area contributed by atoms with Crippen LogP contribution in [-0.2, 0) is 14.8 Å². The first-order valence-corrected chi connectivity index (χ1v) is 8.24. The SMILES string of the molecule is C=CCNC(=O)C(C)NCCCN(CC)S(C)(=O)=O. The van der Waals surface area contributed by atoms with Crippen molar-refractivity contribution in [3.8, 4) is 0 Å². The van der Waals surface area contributed by atoms with E-state index >= 15 is 0 Å². The van der Waals surface area contributed by atoms with E-state index in [4.69, 9.17) is 0 Å². The third kappa shape index (κ3) is 7.97. The zero-order valence-corrected chi connectivity index (χ0v) is 12.8. The summed E-state index contributed by atoms with van der Waals surface area (Å²) in [6.45, 7) is 9.06. The molecule has 0 rings (SSSR count). The summed E-state index contributed by atoms with van der Waals surface area (Å²) in [4.78, 5) is 11.5. The maximum Gasteiger partial charge on any atom is 0.237 e. The first kappa shape index (κ1) is 18.1. The largest absolute Gasteiger partial charge is 0.351 e. The normalized spacial score (nSPS) is 13.3. The number of sulfonamides is 1. The Morgan fingerprint density at radius 3 is 2.58 bits per heavy atom. The van der Waals surface area contributed by atoms with E-state index in [1.54, 1.807) is 19.9 Å². The Hall–Kier alpha value is -0.920. The Labute approximate surface area is 116 Å². The Bertz CT molecular complexity index is 382. The van der Waals surface area contributed by atoms with Gasteiger partial charge >= 0.3 is 0 Å². The van der Waals surface area contributed by atoms with Crippen LogP contribution in [0, 0.1) is 0 Å². The number of nitrogens with one attached hydrogen (secondary N) is 2. The van der Waals surface area contributed by atoms with Crippen LogP contribution in [0.2, 0.25) is 0 Å². The van der Waals surface area contributed by atoms with E-state index in [2.05, 4.69) is 17.2 Å². The lowest BCUT2D eigenvalue weighted by atomic mass is 10.3. The molecule has 1 atom stereocenters. The van der Waals surface area contributed by atoms with Crippen molar-refractivity contribution in [2.24, 2.45) is 0 Å². The van der Waals surface area contributed by atoms with Crippen molar-refractivity contribution in [3.63, 3.8) is 0 Å². The first-order chi connectivity index (χ1) is 8.82. The predicted octanol–water partition coefficient (Wildman–Crippen LogP) is -0.0617. The standard InChI is InChI=1S/C12H25N3O3S/c1-5-8-14-12(16)11(3)13-9-7-10-15(6-2)19(4,17)18/h5,11,13H,1,6-10H2,2-4H3,(H,14,16). The average Bonchev–Trinajstić information content (AvgIpc) is 2.33. The molecule has 0 fully saturated rings. The van der Waals surface area contributed by atoms with Gasteiger partial charge in [0.2, 0.25) is 15.9 Å². The maximum absolute atomic E-state index is 11.5. The van der Waals surface area contributed by atoms with Crippen molar-refractivity contribution in [3.05, 3.63) is 12.7 Å². The van der Waals surface area contributed by atoms with Crippen LogP contribution in [0.5, 0.6) is 0 Å². The van der Waals surface area contributed by atoms with Crippen LogP contribution in [0.25, 0.3) is 0 Å². The zero-order chi connectivity index (χ0) is 14.9. The second-order valence-electron chi connectivity index (χ2n) is 4.32. The maximum atomic E-state index is 11.5. The highest BCUT2D eigenvalue weighted by Crippen LogP contribution is 1.98. The van der Waals surface area contributed by atoms with E-state index in [0.717, 1.165) is 0 Å². The number of nitrogens with zero attached hydrogens (tertiary/aromatic N) is 1. The molecule has 0 radical (unpaired) electrons. The molecule has 0 aromatic heterocycles. The van der Waals surface area contributed by atoms with Crippen molar-refractivity contribution < 1.29 is 13.2 Å². The number of hydrogen-bond acceptors (Lipinski definition) is 4. The highest BCUT2D eigenvalue weighted by molar-refractivity contribution is 7.88. The number of carbonyl (C=O) groups excluding carboxylic acids is 1. The molecule has 0 aliphatic heterocycles. The second kappa shape index (κ2) is 9.06. The Morgan fingerprint density at radius 1 is 1.47 bits per heavy atom. The summed E-state index contributed by atoms with van der Waals surface area (Å²) < 4.78 is 24.1. The van der Waals surface area contributed by atoms with Crippen LogP contribution >= 0.6 is 0 Å². The molecule has 1 unspecified atom stereocenters. The molecule has 112 valence electrons. The number of hydrogen-bond donors (Lipinski definition) is 2. The quantitative estimate of drug-likeness (QED) is 0.436. The summed E-state index contributed by atoms with van der Waals surface area (Å²) in [7, 11) is -3.13. The highest BCUT2D eigenvalue weighted by Gasteiger charge is 2.14. The first-order valence-electron chi connectivity index (χ1n) is 6.40. The molecule has 0 aliphatic rings. The molecular formula is C12H25N3O3S. The minimum Gasteiger partial charge on any atom is -0.351 e. The van der Waals surface area contributed by atoms with Gasteiger partial charge in [-0.3, -0.25) is 4.79 Å². The monoisotopic (exact) mass is 291 g/mol. The average molecular weight is 291 g/mol. The summed E-state index contributed by atoms with van der Waals surface area (Å²) in [5, 5.41) is 5.75. The topological polar surface area (TPSA) is 78.5 Å². The molecule has 0 bridgehead atoms. The number of carbonyl (C=O) groups is 1. The summed E-state index contributed by atoms with van der Waals surface area (Å²) in [5.41, 5.74) is 0. The third-order valence-electron chi connectivity index (χ3n) is 2.67. The zero-order valence-electron chi connectivity index (χ0n) is 12.0. The van der Waals surface area contributed by atoms with Crippen LogP contribution in [0.1, 0.15) is 20.3 Å². The van der Waals surface area contributed by atoms with Gasteiger partial charge in [0.05, 0.1) is 12.3 Å². The fraction of sp³-hybridized carbons (Fsp3) is 0.750. The molecule has 0 spiro atoms. The van der Waals surface area contributed by atoms with Gasteiger partial charge in [0.25, 0.3) is 0 Å². The molecule has 6 nitrogen and oxygen atoms in total. The van der Waals surface area contributed by atoms with Crippen LogP contribution in [0.4, 0.5) is 0 Å². The lowest BCUT2D eigenvalue weighted by Crippen LogP contribution is -2.43. The summed E-state index contributed by atoms with van der Waals surface area (Å²) >= 11 is 0. The lowest BCUT2D eigenvalue weighted by molar-refractivity contribution is -0.122. The molecular weight excluding hydrogens is 266 g/mol. The van der Waals surface area contributed by atoms with Crippen LogP contribution in [0.15, 0.2) is 12.7 Å². The fourth-order valence-electron chi connectivity index (χ4n) is 1.55. The van der Waals surface area contributed by atoms with Gasteiger partial charge in [-0.25, -0.2) is 12.7 Å². The van der Waals surface area contributed by atoms with E-state index in [9.17, 15) is 13.2 Å². The van der Waals surface area contributed by atoms with Gasteiger partial charge in [0, 0.05) is 19.6 Å². The Balaban J connectivity index is 3.91. The van der Waals surface area contributed by atoms with Gasteiger partial charge in [-0.1, -0.05) is 13.0 Å². The minimum atomic E-state index is -3.13. The van der Waals surface area contributed by atoms with E-state index in [0.29, 0.717) is 32.6 Å². The number of rotatable bonds is 10. The van der Waals surface area contributed by atoms with E-state index in [-0.39, 0.29) is 11.9 Å². The molecule has 0 aromatic carbocycles. The molecule has 1 amide bonds. The third-order valence-corrected chi connectivity index (χ3v) is 4.05. The van der Waals surface area contributed by atoms with E-state index < -0.39 is 10.0 Å². The van der Waals surface area contributed by atoms with Crippen molar-refractivity contribution in [1.29, 1.82) is 0 Å². The van der Waals surface area contributed by atoms with Crippen molar-refractivity contribution in [1.82, 2.24) is 14.9 Å². The van der Waals surface area contributed by atoms with Crippen LogP contribution in [0.3, 0.4) is 0 Å². The predicted molar refractivity (Wildman–Crippen MR) is 77.4 cm³/mol. The van der Waals surface area contributed by atoms with Gasteiger partial charge in [0.15, 0.2) is 0 Å². The van der Waals surface area contributed by atoms with Gasteiger partial charge in [-0.15, -0.1) is 6.58 Å². The minimum absolute atomic E-state index is 0.0876. The van der Waals surface area contributed by atoms with Crippen molar-refractivity contribution >= 4 is 15.9 Å². The van der Waals surface area contributed by atoms with Gasteiger partial charge in [-0.05, 0) is 19.9 Å². The number of amides is 1. The smallest absolute Gasteiger partial charge is 0.237 e. The fourth-order valence-corrected chi connectivity index (χ4v) is 2.48. The molecule has 0 saturated heterocycles. The molecule has 7 heteroatoms. The summed E-state index contributed by atoms with van der Waals surface area (Å²) in [5.74, 6) is -0.0876. The summed E-state index contributed by atoms with van der Waals surface area (Å²) in [6.07, 6.45) is 3.49. The molecule has 0 aliphatic carbocycles. The molecule has 0 heterocycles. The Kier molecular flexibility index (Phi) is 8.62. The Morgan fingerprint density at radius 2 is 2.11 bits per heavy atom. The van der Waals surface area contributed by atoms with Gasteiger partial charge in [0.1, 0.15) is 0 Å². The highest BCUT2D eigenvalue weighted by atomic mass is 32.2. The van der Waals surface area contributed by atoms with Gasteiger partial charge < -0.3 is 10.6 Å². The lowest BCUT2D eigenvalue weighted by Gasteiger charge is -2.18. The van der Waals surface area contributed by atoms with Crippen LogP contribution in [-0.4, -0.2) is 57.1 Å². The molecule has 2 N–H and O–H groups in total. The molecule has 0 aromatic rings.